The van der Waals surface area contributed by atoms with Gasteiger partial charge in [-0.05, 0) is 12.8 Å². The Hall–Kier alpha value is -1.52. The van der Waals surface area contributed by atoms with Crippen LogP contribution in [-0.2, 0) is 4.74 Å². The van der Waals surface area contributed by atoms with E-state index in [1.54, 1.807) is 13.0 Å². The Morgan fingerprint density at radius 3 is 2.69 bits per heavy atom. The normalized spacial score (nSPS) is 9.38. The van der Waals surface area contributed by atoms with Crippen LogP contribution < -0.4 is 5.32 Å². The maximum absolute atomic E-state index is 11.1. The molecule has 0 unspecified atom stereocenters. The molecule has 0 atom stereocenters. The van der Waals surface area contributed by atoms with Gasteiger partial charge in [-0.1, -0.05) is 32.9 Å². The first-order chi connectivity index (χ1) is 7.58. The molecule has 0 saturated heterocycles. The van der Waals surface area contributed by atoms with E-state index < -0.39 is 6.09 Å². The summed E-state index contributed by atoms with van der Waals surface area (Å²) in [6, 6.07) is 1.62. The molecule has 16 heavy (non-hydrogen) atoms. The molecule has 1 heterocycles. The zero-order valence-corrected chi connectivity index (χ0v) is 10.5. The number of aryl methyl sites for hydroxylation is 1. The lowest BCUT2D eigenvalue weighted by Crippen LogP contribution is -2.16. The fraction of sp³-hybridized carbons (Fsp3) is 0.636. The van der Waals surface area contributed by atoms with Gasteiger partial charge in [-0.2, -0.15) is 0 Å². The maximum Gasteiger partial charge on any atom is 0.412 e. The Kier molecular flexibility index (Phi) is 7.00. The van der Waals surface area contributed by atoms with Gasteiger partial charge in [0.1, 0.15) is 5.76 Å². The number of ether oxygens (including phenoxy) is 1. The third-order valence-corrected chi connectivity index (χ3v) is 1.41. The molecule has 1 aromatic heterocycles. The standard InChI is InChI=1S/C9H14N2O3.C2H6.H2/c1-6(2)5-13-9(12)10-8-4-7(3)14-11-8;1-2;/h4,6H,5H2,1-3H3,(H,10,11,12);1-2H3;1H. The predicted octanol–water partition coefficient (Wildman–Crippen LogP) is 3.46. The highest BCUT2D eigenvalue weighted by atomic mass is 16.5. The van der Waals surface area contributed by atoms with E-state index in [0.29, 0.717) is 24.1 Å². The lowest BCUT2D eigenvalue weighted by Gasteiger charge is -2.06. The molecule has 0 bridgehead atoms. The third kappa shape index (κ3) is 6.06. The summed E-state index contributed by atoms with van der Waals surface area (Å²) in [6.45, 7) is 10.1. The number of carbonyl (C=O) groups excluding carboxylic acids is 1. The van der Waals surface area contributed by atoms with Crippen LogP contribution in [0.15, 0.2) is 10.6 Å². The summed E-state index contributed by atoms with van der Waals surface area (Å²) in [7, 11) is 0. The number of amides is 1. The van der Waals surface area contributed by atoms with E-state index in [2.05, 4.69) is 10.5 Å². The summed E-state index contributed by atoms with van der Waals surface area (Å²) >= 11 is 0. The van der Waals surface area contributed by atoms with E-state index >= 15 is 0 Å². The molecule has 1 N–H and O–H groups in total. The van der Waals surface area contributed by atoms with Crippen molar-refractivity contribution in [3.05, 3.63) is 11.8 Å². The minimum Gasteiger partial charge on any atom is -0.449 e. The van der Waals surface area contributed by atoms with Crippen LogP contribution in [-0.4, -0.2) is 17.9 Å². The molecule has 1 aromatic rings. The van der Waals surface area contributed by atoms with Crippen LogP contribution in [0.25, 0.3) is 0 Å². The molecule has 94 valence electrons. The van der Waals surface area contributed by atoms with Gasteiger partial charge in [-0.15, -0.1) is 0 Å². The predicted molar refractivity (Wildman–Crippen MR) is 64.5 cm³/mol. The van der Waals surface area contributed by atoms with Crippen molar-refractivity contribution in [3.8, 4) is 0 Å². The summed E-state index contributed by atoms with van der Waals surface area (Å²) in [6.07, 6.45) is -0.507. The van der Waals surface area contributed by atoms with Gasteiger partial charge in [-0.25, -0.2) is 4.79 Å². The monoisotopic (exact) mass is 230 g/mol. The Morgan fingerprint density at radius 1 is 1.62 bits per heavy atom. The minimum absolute atomic E-state index is 0. The Balaban J connectivity index is 0. The van der Waals surface area contributed by atoms with Crippen LogP contribution in [0.2, 0.25) is 0 Å². The zero-order chi connectivity index (χ0) is 12.6. The summed E-state index contributed by atoms with van der Waals surface area (Å²) in [4.78, 5) is 11.1. The van der Waals surface area contributed by atoms with E-state index in [4.69, 9.17) is 9.26 Å². The number of nitrogens with zero attached hydrogens (tertiary/aromatic N) is 1. The van der Waals surface area contributed by atoms with Crippen molar-refractivity contribution in [2.24, 2.45) is 5.92 Å². The van der Waals surface area contributed by atoms with Crippen molar-refractivity contribution in [1.82, 2.24) is 5.16 Å². The highest BCUT2D eigenvalue weighted by molar-refractivity contribution is 5.83. The average molecular weight is 230 g/mol. The number of aromatic nitrogens is 1. The van der Waals surface area contributed by atoms with Crippen molar-refractivity contribution in [2.75, 3.05) is 11.9 Å². The van der Waals surface area contributed by atoms with Crippen molar-refractivity contribution in [2.45, 2.75) is 34.6 Å². The Labute approximate surface area is 97.6 Å². The van der Waals surface area contributed by atoms with Crippen LogP contribution >= 0.6 is 0 Å². The van der Waals surface area contributed by atoms with Gasteiger partial charge in [0.2, 0.25) is 0 Å². The molecule has 0 aliphatic heterocycles. The van der Waals surface area contributed by atoms with E-state index in [-0.39, 0.29) is 1.43 Å². The molecular weight excluding hydrogens is 208 g/mol. The average Bonchev–Trinajstić information content (AvgIpc) is 2.64. The first kappa shape index (κ1) is 14.5. The van der Waals surface area contributed by atoms with Crippen molar-refractivity contribution in [1.29, 1.82) is 0 Å². The lowest BCUT2D eigenvalue weighted by atomic mass is 10.2. The molecule has 0 aliphatic rings. The van der Waals surface area contributed by atoms with Gasteiger partial charge < -0.3 is 9.26 Å². The number of hydrogen-bond donors (Lipinski definition) is 1. The van der Waals surface area contributed by atoms with Gasteiger partial charge in [0.05, 0.1) is 6.61 Å². The topological polar surface area (TPSA) is 64.4 Å². The summed E-state index contributed by atoms with van der Waals surface area (Å²) in [5.74, 6) is 1.33. The second-order valence-corrected chi connectivity index (χ2v) is 3.44. The number of hydrogen-bond acceptors (Lipinski definition) is 4. The summed E-state index contributed by atoms with van der Waals surface area (Å²) in [5, 5.41) is 6.05. The molecule has 0 saturated carbocycles. The maximum atomic E-state index is 11.1. The van der Waals surface area contributed by atoms with Gasteiger partial charge in [0.15, 0.2) is 5.82 Å². The lowest BCUT2D eigenvalue weighted by molar-refractivity contribution is 0.147. The SMILES string of the molecule is CC.Cc1cc(NC(=O)OCC(C)C)no1.[HH]. The van der Waals surface area contributed by atoms with E-state index in [1.165, 1.54) is 0 Å². The van der Waals surface area contributed by atoms with Crippen molar-refractivity contribution < 1.29 is 15.5 Å². The first-order valence-corrected chi connectivity index (χ1v) is 5.45. The van der Waals surface area contributed by atoms with Crippen LogP contribution in [0.3, 0.4) is 0 Å². The number of anilines is 1. The second kappa shape index (κ2) is 7.73. The minimum atomic E-state index is -0.507. The Morgan fingerprint density at radius 2 is 2.25 bits per heavy atom. The highest BCUT2D eigenvalue weighted by Gasteiger charge is 2.07. The van der Waals surface area contributed by atoms with Crippen LogP contribution in [0.1, 0.15) is 34.9 Å². The summed E-state index contributed by atoms with van der Waals surface area (Å²) in [5.41, 5.74) is 0. The van der Waals surface area contributed by atoms with Gasteiger partial charge in [0, 0.05) is 7.49 Å². The van der Waals surface area contributed by atoms with Gasteiger partial charge in [0.25, 0.3) is 0 Å². The van der Waals surface area contributed by atoms with Crippen molar-refractivity contribution >= 4 is 11.9 Å². The Bertz CT molecular complexity index is 313. The molecule has 1 rings (SSSR count). The molecular formula is C11H22N2O3. The second-order valence-electron chi connectivity index (χ2n) is 3.44. The number of rotatable bonds is 3. The molecule has 0 aliphatic carbocycles. The van der Waals surface area contributed by atoms with E-state index in [1.807, 2.05) is 27.7 Å². The van der Waals surface area contributed by atoms with Gasteiger partial charge >= 0.3 is 6.09 Å². The fourth-order valence-corrected chi connectivity index (χ4v) is 0.808. The smallest absolute Gasteiger partial charge is 0.412 e. The van der Waals surface area contributed by atoms with E-state index in [9.17, 15) is 4.79 Å². The molecule has 0 fully saturated rings. The highest BCUT2D eigenvalue weighted by Crippen LogP contribution is 2.07. The van der Waals surface area contributed by atoms with Crippen molar-refractivity contribution in [3.63, 3.8) is 0 Å². The largest absolute Gasteiger partial charge is 0.449 e. The zero-order valence-electron chi connectivity index (χ0n) is 10.5. The molecule has 0 radical (unpaired) electrons. The first-order valence-electron chi connectivity index (χ1n) is 5.45. The molecule has 1 amide bonds. The number of carbonyl (C=O) groups is 1. The summed E-state index contributed by atoms with van der Waals surface area (Å²) < 4.78 is 9.66. The van der Waals surface area contributed by atoms with Gasteiger partial charge in [-0.3, -0.25) is 5.32 Å². The molecule has 0 spiro atoms. The number of nitrogens with one attached hydrogen (secondary N) is 1. The fourth-order valence-electron chi connectivity index (χ4n) is 0.808. The van der Waals surface area contributed by atoms with Crippen LogP contribution in [0, 0.1) is 12.8 Å². The van der Waals surface area contributed by atoms with Crippen LogP contribution in [0.5, 0.6) is 0 Å². The molecule has 5 nitrogen and oxygen atoms in total. The molecule has 5 heteroatoms. The quantitative estimate of drug-likeness (QED) is 0.863. The van der Waals surface area contributed by atoms with E-state index in [0.717, 1.165) is 0 Å². The molecule has 0 aromatic carbocycles. The van der Waals surface area contributed by atoms with Crippen LogP contribution in [0.4, 0.5) is 10.6 Å². The third-order valence-electron chi connectivity index (χ3n) is 1.41.